The smallest absolute Gasteiger partial charge is 0.253 e. The lowest BCUT2D eigenvalue weighted by molar-refractivity contribution is 0.0157. The van der Waals surface area contributed by atoms with E-state index < -0.39 is 5.60 Å². The molecule has 1 aromatic heterocycles. The highest BCUT2D eigenvalue weighted by Crippen LogP contribution is 2.30. The van der Waals surface area contributed by atoms with Gasteiger partial charge in [0.05, 0.1) is 5.60 Å². The first kappa shape index (κ1) is 13.2. The Morgan fingerprint density at radius 1 is 1.35 bits per heavy atom. The molecule has 1 fully saturated rings. The number of nitrogens with one attached hydrogen (secondary N) is 1. The van der Waals surface area contributed by atoms with Gasteiger partial charge in [-0.3, -0.25) is 4.79 Å². The zero-order chi connectivity index (χ0) is 14.2. The SMILES string of the molecule is CN(CC1(O)CCCC1)C(=O)c1ccc2cc[nH]c2c1. The maximum Gasteiger partial charge on any atom is 0.253 e. The van der Waals surface area contributed by atoms with E-state index >= 15 is 0 Å². The van der Waals surface area contributed by atoms with Crippen molar-refractivity contribution < 1.29 is 9.90 Å². The summed E-state index contributed by atoms with van der Waals surface area (Å²) in [4.78, 5) is 17.2. The Morgan fingerprint density at radius 2 is 2.10 bits per heavy atom. The van der Waals surface area contributed by atoms with E-state index in [0.29, 0.717) is 12.1 Å². The van der Waals surface area contributed by atoms with Gasteiger partial charge in [0.1, 0.15) is 0 Å². The monoisotopic (exact) mass is 272 g/mol. The summed E-state index contributed by atoms with van der Waals surface area (Å²) in [6.07, 6.45) is 5.55. The van der Waals surface area contributed by atoms with Crippen LogP contribution in [0.25, 0.3) is 10.9 Å². The molecule has 4 heteroatoms. The standard InChI is InChI=1S/C16H20N2O2/c1-18(11-16(20)7-2-3-8-16)15(19)13-5-4-12-6-9-17-14(12)10-13/h4-6,9-10,17,20H,2-3,7-8,11H2,1H3. The number of aromatic nitrogens is 1. The normalized spacial score (nSPS) is 17.5. The Hall–Kier alpha value is -1.81. The number of amides is 1. The predicted molar refractivity (Wildman–Crippen MR) is 78.7 cm³/mol. The third-order valence-corrected chi connectivity index (χ3v) is 4.21. The molecule has 0 saturated heterocycles. The van der Waals surface area contributed by atoms with Gasteiger partial charge in [0.25, 0.3) is 5.91 Å². The topological polar surface area (TPSA) is 56.3 Å². The number of nitrogens with zero attached hydrogens (tertiary/aromatic N) is 1. The van der Waals surface area contributed by atoms with Crippen molar-refractivity contribution in [2.45, 2.75) is 31.3 Å². The van der Waals surface area contributed by atoms with E-state index in [9.17, 15) is 9.90 Å². The molecule has 0 atom stereocenters. The summed E-state index contributed by atoms with van der Waals surface area (Å²) in [5.74, 6) is -0.0400. The number of benzene rings is 1. The largest absolute Gasteiger partial charge is 0.388 e. The summed E-state index contributed by atoms with van der Waals surface area (Å²) in [6.45, 7) is 0.411. The van der Waals surface area contributed by atoms with Gasteiger partial charge < -0.3 is 15.0 Å². The average molecular weight is 272 g/mol. The molecule has 2 aromatic rings. The van der Waals surface area contributed by atoms with Crippen LogP contribution in [0.4, 0.5) is 0 Å². The maximum atomic E-state index is 12.4. The van der Waals surface area contributed by atoms with E-state index in [1.807, 2.05) is 30.5 Å². The summed E-state index contributed by atoms with van der Waals surface area (Å²) in [5.41, 5.74) is 0.925. The van der Waals surface area contributed by atoms with Crippen molar-refractivity contribution in [2.75, 3.05) is 13.6 Å². The van der Waals surface area contributed by atoms with Gasteiger partial charge in [-0.05, 0) is 36.4 Å². The van der Waals surface area contributed by atoms with Gasteiger partial charge in [-0.25, -0.2) is 0 Å². The molecule has 1 saturated carbocycles. The van der Waals surface area contributed by atoms with Crippen molar-refractivity contribution in [3.8, 4) is 0 Å². The minimum absolute atomic E-state index is 0.0400. The molecule has 106 valence electrons. The number of aliphatic hydroxyl groups is 1. The molecule has 1 amide bonds. The molecule has 0 unspecified atom stereocenters. The van der Waals surface area contributed by atoms with Crippen LogP contribution in [0, 0.1) is 0 Å². The molecule has 0 spiro atoms. The Balaban J connectivity index is 1.76. The van der Waals surface area contributed by atoms with E-state index in [4.69, 9.17) is 0 Å². The molecule has 1 aliphatic carbocycles. The summed E-state index contributed by atoms with van der Waals surface area (Å²) in [7, 11) is 1.76. The van der Waals surface area contributed by atoms with E-state index in [1.165, 1.54) is 0 Å². The van der Waals surface area contributed by atoms with Crippen LogP contribution < -0.4 is 0 Å². The second-order valence-electron chi connectivity index (χ2n) is 5.87. The molecular weight excluding hydrogens is 252 g/mol. The zero-order valence-corrected chi connectivity index (χ0v) is 11.7. The number of carbonyl (C=O) groups excluding carboxylic acids is 1. The second kappa shape index (κ2) is 4.94. The van der Waals surface area contributed by atoms with Crippen molar-refractivity contribution in [3.05, 3.63) is 36.0 Å². The van der Waals surface area contributed by atoms with Gasteiger partial charge in [0.2, 0.25) is 0 Å². The lowest BCUT2D eigenvalue weighted by Crippen LogP contribution is -2.42. The minimum Gasteiger partial charge on any atom is -0.388 e. The third-order valence-electron chi connectivity index (χ3n) is 4.21. The molecule has 0 aliphatic heterocycles. The highest BCUT2D eigenvalue weighted by Gasteiger charge is 2.33. The first-order valence-electron chi connectivity index (χ1n) is 7.12. The Kier molecular flexibility index (Phi) is 3.26. The second-order valence-corrected chi connectivity index (χ2v) is 5.87. The van der Waals surface area contributed by atoms with Gasteiger partial charge in [0.15, 0.2) is 0 Å². The highest BCUT2D eigenvalue weighted by atomic mass is 16.3. The lowest BCUT2D eigenvalue weighted by Gasteiger charge is -2.28. The molecule has 2 N–H and O–H groups in total. The van der Waals surface area contributed by atoms with E-state index in [1.54, 1.807) is 11.9 Å². The summed E-state index contributed by atoms with van der Waals surface area (Å²) < 4.78 is 0. The van der Waals surface area contributed by atoms with Crippen molar-refractivity contribution in [1.29, 1.82) is 0 Å². The third kappa shape index (κ3) is 2.43. The first-order chi connectivity index (χ1) is 9.57. The number of H-pyrrole nitrogens is 1. The Labute approximate surface area is 118 Å². The summed E-state index contributed by atoms with van der Waals surface area (Å²) in [6, 6.07) is 7.63. The summed E-state index contributed by atoms with van der Waals surface area (Å²) in [5, 5.41) is 11.5. The van der Waals surface area contributed by atoms with Crippen LogP contribution in [0.3, 0.4) is 0 Å². The quantitative estimate of drug-likeness (QED) is 0.902. The van der Waals surface area contributed by atoms with Crippen molar-refractivity contribution in [3.63, 3.8) is 0 Å². The van der Waals surface area contributed by atoms with Crippen LogP contribution in [-0.2, 0) is 0 Å². The molecule has 1 heterocycles. The molecule has 1 aliphatic rings. The lowest BCUT2D eigenvalue weighted by atomic mass is 10.0. The van der Waals surface area contributed by atoms with Gasteiger partial charge in [0, 0.05) is 30.9 Å². The van der Waals surface area contributed by atoms with Gasteiger partial charge >= 0.3 is 0 Å². The number of hydrogen-bond donors (Lipinski definition) is 2. The minimum atomic E-state index is -0.694. The molecule has 0 radical (unpaired) electrons. The van der Waals surface area contributed by atoms with Crippen molar-refractivity contribution in [2.24, 2.45) is 0 Å². The van der Waals surface area contributed by atoms with Crippen LogP contribution in [0.5, 0.6) is 0 Å². The molecular formula is C16H20N2O2. The van der Waals surface area contributed by atoms with Crippen molar-refractivity contribution >= 4 is 16.8 Å². The molecule has 3 rings (SSSR count). The van der Waals surface area contributed by atoms with E-state index in [2.05, 4.69) is 4.98 Å². The van der Waals surface area contributed by atoms with Crippen LogP contribution in [0.1, 0.15) is 36.0 Å². The number of aromatic amines is 1. The van der Waals surface area contributed by atoms with E-state index in [-0.39, 0.29) is 5.91 Å². The fraction of sp³-hybridized carbons (Fsp3) is 0.438. The van der Waals surface area contributed by atoms with Gasteiger partial charge in [-0.15, -0.1) is 0 Å². The fourth-order valence-electron chi connectivity index (χ4n) is 3.11. The van der Waals surface area contributed by atoms with Crippen LogP contribution >= 0.6 is 0 Å². The maximum absolute atomic E-state index is 12.4. The first-order valence-corrected chi connectivity index (χ1v) is 7.12. The van der Waals surface area contributed by atoms with Crippen LogP contribution in [0.15, 0.2) is 30.5 Å². The number of hydrogen-bond acceptors (Lipinski definition) is 2. The van der Waals surface area contributed by atoms with Crippen LogP contribution in [-0.4, -0.2) is 40.1 Å². The molecule has 1 aromatic carbocycles. The van der Waals surface area contributed by atoms with E-state index in [0.717, 1.165) is 36.6 Å². The Bertz CT molecular complexity index is 626. The Morgan fingerprint density at radius 3 is 2.85 bits per heavy atom. The average Bonchev–Trinajstić information content (AvgIpc) is 3.05. The number of rotatable bonds is 3. The molecule has 4 nitrogen and oxygen atoms in total. The van der Waals surface area contributed by atoms with Gasteiger partial charge in [-0.1, -0.05) is 18.9 Å². The zero-order valence-electron chi connectivity index (χ0n) is 11.7. The summed E-state index contributed by atoms with van der Waals surface area (Å²) >= 11 is 0. The highest BCUT2D eigenvalue weighted by molar-refractivity contribution is 5.97. The predicted octanol–water partition coefficient (Wildman–Crippen LogP) is 2.54. The number of carbonyl (C=O) groups is 1. The van der Waals surface area contributed by atoms with Crippen molar-refractivity contribution in [1.82, 2.24) is 9.88 Å². The molecule has 20 heavy (non-hydrogen) atoms. The van der Waals surface area contributed by atoms with Crippen LogP contribution in [0.2, 0.25) is 0 Å². The number of likely N-dealkylation sites (N-methyl/N-ethyl adjacent to an activating group) is 1. The number of fused-ring (bicyclic) bond motifs is 1. The fourth-order valence-corrected chi connectivity index (χ4v) is 3.11. The van der Waals surface area contributed by atoms with Gasteiger partial charge in [-0.2, -0.15) is 0 Å². The molecule has 0 bridgehead atoms.